The first-order valence-electron chi connectivity index (χ1n) is 9.84. The second kappa shape index (κ2) is 9.39. The molecule has 0 aliphatic carbocycles. The molecule has 0 spiro atoms. The summed E-state index contributed by atoms with van der Waals surface area (Å²) in [6.07, 6.45) is 6.66. The Morgan fingerprint density at radius 1 is 0.938 bits per heavy atom. The van der Waals surface area contributed by atoms with E-state index < -0.39 is 0 Å². The van der Waals surface area contributed by atoms with Crippen LogP contribution in [0, 0.1) is 3.57 Å². The molecule has 0 saturated carbocycles. The third-order valence-corrected chi connectivity index (χ3v) is 7.11. The van der Waals surface area contributed by atoms with Crippen LogP contribution in [-0.4, -0.2) is 9.55 Å². The van der Waals surface area contributed by atoms with E-state index in [0.29, 0.717) is 16.5 Å². The standard InChI is InChI=1S/C24H17Cl2IN4S/c25-17-3-10-21(22(26)14-17)23-15-30(24(29-23)13-16-1-4-18(27)5-2-16)19-6-8-20(9-7-19)31-12-11-28-32-31/h1-12,14-15,28H,13H2. The molecular weight excluding hydrogens is 574 g/mol. The molecule has 1 N–H and O–H groups in total. The summed E-state index contributed by atoms with van der Waals surface area (Å²) >= 11 is 16.4. The van der Waals surface area contributed by atoms with Crippen molar-refractivity contribution in [2.24, 2.45) is 0 Å². The van der Waals surface area contributed by atoms with Gasteiger partial charge >= 0.3 is 0 Å². The second-order valence-electron chi connectivity index (χ2n) is 7.21. The predicted octanol–water partition coefficient (Wildman–Crippen LogP) is 7.49. The monoisotopic (exact) mass is 590 g/mol. The third kappa shape index (κ3) is 4.64. The van der Waals surface area contributed by atoms with Crippen LogP contribution in [0.2, 0.25) is 10.0 Å². The molecule has 160 valence electrons. The lowest BCUT2D eigenvalue weighted by atomic mass is 10.1. The zero-order valence-electron chi connectivity index (χ0n) is 16.7. The van der Waals surface area contributed by atoms with Crippen molar-refractivity contribution in [2.45, 2.75) is 6.42 Å². The van der Waals surface area contributed by atoms with Crippen LogP contribution in [0.15, 0.2) is 85.3 Å². The van der Waals surface area contributed by atoms with Gasteiger partial charge in [0, 0.05) is 44.9 Å². The maximum absolute atomic E-state index is 6.49. The SMILES string of the molecule is Clc1ccc(-c2cn(-c3ccc(N4C=CNS4)cc3)c(Cc3ccc(I)cc3)n2)c(Cl)c1. The Balaban J connectivity index is 1.55. The van der Waals surface area contributed by atoms with Gasteiger partial charge in [0.05, 0.1) is 28.5 Å². The van der Waals surface area contributed by atoms with Crippen molar-refractivity contribution in [3.8, 4) is 16.9 Å². The largest absolute Gasteiger partial charge is 0.317 e. The molecule has 0 fully saturated rings. The Labute approximate surface area is 214 Å². The van der Waals surface area contributed by atoms with E-state index in [9.17, 15) is 0 Å². The first-order valence-corrected chi connectivity index (χ1v) is 12.4. The summed E-state index contributed by atoms with van der Waals surface area (Å²) in [5, 5.41) is 1.19. The first-order chi connectivity index (χ1) is 15.6. The summed E-state index contributed by atoms with van der Waals surface area (Å²) in [5.74, 6) is 0.942. The van der Waals surface area contributed by atoms with Crippen LogP contribution in [0.1, 0.15) is 11.4 Å². The molecule has 4 nitrogen and oxygen atoms in total. The van der Waals surface area contributed by atoms with E-state index in [0.717, 1.165) is 28.5 Å². The minimum Gasteiger partial charge on any atom is -0.317 e. The maximum atomic E-state index is 6.49. The van der Waals surface area contributed by atoms with Gasteiger partial charge in [-0.05, 0) is 82.8 Å². The molecule has 0 bridgehead atoms. The molecule has 4 aromatic rings. The number of hydrogen-bond donors (Lipinski definition) is 1. The van der Waals surface area contributed by atoms with Crippen LogP contribution in [-0.2, 0) is 6.42 Å². The van der Waals surface area contributed by atoms with Crippen molar-refractivity contribution < 1.29 is 0 Å². The van der Waals surface area contributed by atoms with Gasteiger partial charge in [0.15, 0.2) is 0 Å². The van der Waals surface area contributed by atoms with Gasteiger partial charge in [0.1, 0.15) is 5.82 Å². The lowest BCUT2D eigenvalue weighted by Gasteiger charge is -2.14. The van der Waals surface area contributed by atoms with E-state index in [2.05, 4.69) is 84.7 Å². The van der Waals surface area contributed by atoms with Crippen LogP contribution >= 0.6 is 57.9 Å². The molecule has 0 radical (unpaired) electrons. The van der Waals surface area contributed by atoms with Crippen molar-refractivity contribution in [1.29, 1.82) is 0 Å². The number of rotatable bonds is 5. The molecule has 1 aromatic heterocycles. The molecule has 5 rings (SSSR count). The van der Waals surface area contributed by atoms with Gasteiger partial charge in [-0.2, -0.15) is 0 Å². The molecule has 8 heteroatoms. The molecule has 1 aliphatic rings. The summed E-state index contributed by atoms with van der Waals surface area (Å²) in [7, 11) is 0. The van der Waals surface area contributed by atoms with Crippen LogP contribution in [0.5, 0.6) is 0 Å². The highest BCUT2D eigenvalue weighted by molar-refractivity contribution is 14.1. The van der Waals surface area contributed by atoms with Crippen LogP contribution in [0.3, 0.4) is 0 Å². The predicted molar refractivity (Wildman–Crippen MR) is 143 cm³/mol. The van der Waals surface area contributed by atoms with E-state index in [1.54, 1.807) is 6.07 Å². The minimum absolute atomic E-state index is 0.587. The maximum Gasteiger partial charge on any atom is 0.118 e. The average Bonchev–Trinajstić information content (AvgIpc) is 3.46. The number of hydrogen-bond acceptors (Lipinski definition) is 4. The Morgan fingerprint density at radius 2 is 1.69 bits per heavy atom. The molecule has 2 heterocycles. The van der Waals surface area contributed by atoms with Crippen molar-refractivity contribution >= 4 is 63.6 Å². The number of benzene rings is 3. The average molecular weight is 591 g/mol. The summed E-state index contributed by atoms with van der Waals surface area (Å²) < 4.78 is 8.53. The Bertz CT molecular complexity index is 1290. The molecule has 0 atom stereocenters. The smallest absolute Gasteiger partial charge is 0.118 e. The van der Waals surface area contributed by atoms with Crippen molar-refractivity contribution in [3.05, 3.63) is 110 Å². The van der Waals surface area contributed by atoms with E-state index >= 15 is 0 Å². The lowest BCUT2D eigenvalue weighted by Crippen LogP contribution is -2.05. The minimum atomic E-state index is 0.587. The fourth-order valence-electron chi connectivity index (χ4n) is 3.49. The zero-order valence-corrected chi connectivity index (χ0v) is 21.2. The van der Waals surface area contributed by atoms with Gasteiger partial charge in [-0.15, -0.1) is 0 Å². The fourth-order valence-corrected chi connectivity index (χ4v) is 4.94. The van der Waals surface area contributed by atoms with E-state index in [1.165, 1.54) is 21.3 Å². The van der Waals surface area contributed by atoms with Crippen molar-refractivity contribution in [3.63, 3.8) is 0 Å². The molecule has 0 unspecified atom stereocenters. The summed E-state index contributed by atoms with van der Waals surface area (Å²) in [4.78, 5) is 4.96. The molecule has 3 aromatic carbocycles. The summed E-state index contributed by atoms with van der Waals surface area (Å²) in [6.45, 7) is 0. The second-order valence-corrected chi connectivity index (χ2v) is 10.1. The highest BCUT2D eigenvalue weighted by Gasteiger charge is 2.15. The molecule has 0 amide bonds. The van der Waals surface area contributed by atoms with Gasteiger partial charge in [-0.25, -0.2) is 4.98 Å². The number of aromatic nitrogens is 2. The number of nitrogens with zero attached hydrogens (tertiary/aromatic N) is 3. The lowest BCUT2D eigenvalue weighted by molar-refractivity contribution is 0.914. The Kier molecular flexibility index (Phi) is 6.37. The fraction of sp³-hybridized carbons (Fsp3) is 0.0417. The van der Waals surface area contributed by atoms with Crippen molar-refractivity contribution in [1.82, 2.24) is 14.3 Å². The van der Waals surface area contributed by atoms with Gasteiger partial charge in [0.2, 0.25) is 0 Å². The topological polar surface area (TPSA) is 33.1 Å². The van der Waals surface area contributed by atoms with Gasteiger partial charge < -0.3 is 9.29 Å². The molecule has 1 aliphatic heterocycles. The van der Waals surface area contributed by atoms with Crippen LogP contribution in [0.25, 0.3) is 16.9 Å². The summed E-state index contributed by atoms with van der Waals surface area (Å²) in [5.41, 5.74) is 5.02. The first kappa shape index (κ1) is 21.7. The van der Waals surface area contributed by atoms with Gasteiger partial charge in [-0.1, -0.05) is 35.3 Å². The molecule has 32 heavy (non-hydrogen) atoms. The highest BCUT2D eigenvalue weighted by Crippen LogP contribution is 2.32. The highest BCUT2D eigenvalue weighted by atomic mass is 127. The quantitative estimate of drug-likeness (QED) is 0.193. The Morgan fingerprint density at radius 3 is 2.38 bits per heavy atom. The summed E-state index contributed by atoms with van der Waals surface area (Å²) in [6, 6.07) is 22.4. The van der Waals surface area contributed by atoms with Gasteiger partial charge in [-0.3, -0.25) is 4.31 Å². The number of anilines is 1. The zero-order chi connectivity index (χ0) is 22.1. The molecule has 0 saturated heterocycles. The van der Waals surface area contributed by atoms with E-state index in [-0.39, 0.29) is 0 Å². The number of imidazole rings is 1. The van der Waals surface area contributed by atoms with E-state index in [4.69, 9.17) is 28.2 Å². The number of halogens is 3. The van der Waals surface area contributed by atoms with Crippen LogP contribution < -0.4 is 9.03 Å². The van der Waals surface area contributed by atoms with Gasteiger partial charge in [0.25, 0.3) is 0 Å². The molecular formula is C24H17Cl2IN4S. The number of nitrogens with one attached hydrogen (secondary N) is 1. The van der Waals surface area contributed by atoms with Crippen LogP contribution in [0.4, 0.5) is 5.69 Å². The Hall–Kier alpha value is -2.13. The normalized spacial score (nSPS) is 12.9. The van der Waals surface area contributed by atoms with E-state index in [1.807, 2.05) is 30.7 Å². The van der Waals surface area contributed by atoms with Crippen molar-refractivity contribution in [2.75, 3.05) is 4.31 Å². The third-order valence-electron chi connectivity index (χ3n) is 5.07.